The molecular formula is C14H28N2O. The van der Waals surface area contributed by atoms with E-state index in [0.717, 1.165) is 32.7 Å². The topological polar surface area (TPSA) is 24.5 Å². The fraction of sp³-hybridized carbons (Fsp3) is 0.857. The molecule has 0 fully saturated rings. The monoisotopic (exact) mass is 240 g/mol. The van der Waals surface area contributed by atoms with E-state index >= 15 is 0 Å². The molecule has 1 atom stereocenters. The minimum Gasteiger partial charge on any atom is -0.383 e. The van der Waals surface area contributed by atoms with Crippen molar-refractivity contribution in [2.75, 3.05) is 39.9 Å². The number of methoxy groups -OCH3 is 1. The first kappa shape index (κ1) is 16.4. The van der Waals surface area contributed by atoms with Crippen LogP contribution in [0.5, 0.6) is 0 Å². The highest BCUT2D eigenvalue weighted by molar-refractivity contribution is 4.90. The van der Waals surface area contributed by atoms with E-state index in [1.165, 1.54) is 0 Å². The van der Waals surface area contributed by atoms with E-state index in [1.54, 1.807) is 7.11 Å². The van der Waals surface area contributed by atoms with Crippen molar-refractivity contribution in [1.82, 2.24) is 10.2 Å². The Bertz CT molecular complexity index is 211. The van der Waals surface area contributed by atoms with Gasteiger partial charge in [-0.25, -0.2) is 0 Å². The van der Waals surface area contributed by atoms with Crippen LogP contribution in [0.25, 0.3) is 0 Å². The number of hydrogen-bond acceptors (Lipinski definition) is 3. The van der Waals surface area contributed by atoms with E-state index in [2.05, 4.69) is 36.9 Å². The van der Waals surface area contributed by atoms with Gasteiger partial charge in [-0.3, -0.25) is 4.90 Å². The van der Waals surface area contributed by atoms with Gasteiger partial charge in [0.2, 0.25) is 0 Å². The number of nitrogens with zero attached hydrogens (tertiary/aromatic N) is 1. The van der Waals surface area contributed by atoms with Crippen LogP contribution in [0.3, 0.4) is 0 Å². The normalized spacial score (nSPS) is 13.0. The summed E-state index contributed by atoms with van der Waals surface area (Å²) in [5.74, 6) is 3.40. The molecule has 0 aromatic carbocycles. The average Bonchev–Trinajstić information content (AvgIpc) is 2.27. The molecule has 0 aromatic heterocycles. The molecule has 17 heavy (non-hydrogen) atoms. The van der Waals surface area contributed by atoms with Gasteiger partial charge in [-0.2, -0.15) is 0 Å². The van der Waals surface area contributed by atoms with Gasteiger partial charge in [0.05, 0.1) is 13.2 Å². The van der Waals surface area contributed by atoms with Gasteiger partial charge in [0.25, 0.3) is 0 Å². The molecule has 0 radical (unpaired) electrons. The van der Waals surface area contributed by atoms with Crippen molar-refractivity contribution in [3.63, 3.8) is 0 Å². The summed E-state index contributed by atoms with van der Waals surface area (Å²) in [6.07, 6.45) is 6.53. The molecule has 0 aliphatic heterocycles. The third kappa shape index (κ3) is 8.20. The summed E-state index contributed by atoms with van der Waals surface area (Å²) in [5, 5.41) is 3.48. The maximum Gasteiger partial charge on any atom is 0.0630 e. The van der Waals surface area contributed by atoms with Crippen LogP contribution < -0.4 is 5.32 Å². The SMILES string of the molecule is C#CCN(CCC)C(CNCC(C)C)COC. The highest BCUT2D eigenvalue weighted by Gasteiger charge is 2.16. The molecule has 0 amide bonds. The van der Waals surface area contributed by atoms with Crippen molar-refractivity contribution < 1.29 is 4.74 Å². The van der Waals surface area contributed by atoms with Crippen molar-refractivity contribution >= 4 is 0 Å². The molecule has 0 saturated heterocycles. The number of hydrogen-bond donors (Lipinski definition) is 1. The zero-order chi connectivity index (χ0) is 13.1. The van der Waals surface area contributed by atoms with Gasteiger partial charge in [0, 0.05) is 19.7 Å². The average molecular weight is 240 g/mol. The Balaban J connectivity index is 4.19. The Hall–Kier alpha value is -0.560. The van der Waals surface area contributed by atoms with Gasteiger partial charge < -0.3 is 10.1 Å². The summed E-state index contributed by atoms with van der Waals surface area (Å²) < 4.78 is 5.28. The third-order valence-electron chi connectivity index (χ3n) is 2.61. The van der Waals surface area contributed by atoms with E-state index in [0.29, 0.717) is 18.5 Å². The van der Waals surface area contributed by atoms with Crippen LogP contribution in [-0.4, -0.2) is 50.8 Å². The lowest BCUT2D eigenvalue weighted by atomic mass is 10.2. The van der Waals surface area contributed by atoms with Gasteiger partial charge in [-0.15, -0.1) is 6.42 Å². The molecule has 3 heteroatoms. The van der Waals surface area contributed by atoms with Crippen LogP contribution in [0.1, 0.15) is 27.2 Å². The maximum atomic E-state index is 5.42. The van der Waals surface area contributed by atoms with Crippen molar-refractivity contribution in [3.8, 4) is 12.3 Å². The van der Waals surface area contributed by atoms with Crippen molar-refractivity contribution in [3.05, 3.63) is 0 Å². The molecule has 3 nitrogen and oxygen atoms in total. The molecule has 0 aromatic rings. The first-order valence-electron chi connectivity index (χ1n) is 6.52. The first-order chi connectivity index (χ1) is 8.15. The van der Waals surface area contributed by atoms with Crippen LogP contribution in [0.2, 0.25) is 0 Å². The largest absolute Gasteiger partial charge is 0.383 e. The molecule has 100 valence electrons. The Morgan fingerprint density at radius 1 is 1.35 bits per heavy atom. The molecule has 0 rings (SSSR count). The van der Waals surface area contributed by atoms with Crippen LogP contribution in [-0.2, 0) is 4.74 Å². The van der Waals surface area contributed by atoms with Crippen LogP contribution in [0.4, 0.5) is 0 Å². The predicted octanol–water partition coefficient (Wildman–Crippen LogP) is 1.59. The van der Waals surface area contributed by atoms with E-state index < -0.39 is 0 Å². The number of terminal acetylenes is 1. The smallest absolute Gasteiger partial charge is 0.0630 e. The number of nitrogens with one attached hydrogen (secondary N) is 1. The Morgan fingerprint density at radius 3 is 2.53 bits per heavy atom. The van der Waals surface area contributed by atoms with E-state index in [9.17, 15) is 0 Å². The number of rotatable bonds is 10. The Labute approximate surface area is 107 Å². The van der Waals surface area contributed by atoms with Crippen LogP contribution in [0, 0.1) is 18.3 Å². The van der Waals surface area contributed by atoms with E-state index in [1.807, 2.05) is 0 Å². The lowest BCUT2D eigenvalue weighted by molar-refractivity contribution is 0.0971. The molecule has 0 bridgehead atoms. The summed E-state index contributed by atoms with van der Waals surface area (Å²) in [5.41, 5.74) is 0. The molecule has 0 aliphatic carbocycles. The van der Waals surface area contributed by atoms with Gasteiger partial charge in [0.15, 0.2) is 0 Å². The molecule has 0 aliphatic rings. The second-order valence-electron chi connectivity index (χ2n) is 4.84. The zero-order valence-electron chi connectivity index (χ0n) is 11.8. The maximum absolute atomic E-state index is 5.42. The summed E-state index contributed by atoms with van der Waals surface area (Å²) in [4.78, 5) is 2.32. The van der Waals surface area contributed by atoms with Crippen LogP contribution in [0.15, 0.2) is 0 Å². The first-order valence-corrected chi connectivity index (χ1v) is 6.52. The summed E-state index contributed by atoms with van der Waals surface area (Å²) >= 11 is 0. The lowest BCUT2D eigenvalue weighted by Gasteiger charge is -2.29. The lowest BCUT2D eigenvalue weighted by Crippen LogP contribution is -2.46. The molecule has 0 heterocycles. The summed E-state index contributed by atoms with van der Waals surface area (Å²) in [6.45, 7) is 11.0. The number of ether oxygens (including phenoxy) is 1. The van der Waals surface area contributed by atoms with Crippen LogP contribution >= 0.6 is 0 Å². The molecule has 0 saturated carbocycles. The predicted molar refractivity (Wildman–Crippen MR) is 74.1 cm³/mol. The van der Waals surface area contributed by atoms with Gasteiger partial charge in [-0.05, 0) is 25.4 Å². The zero-order valence-corrected chi connectivity index (χ0v) is 11.8. The van der Waals surface area contributed by atoms with Crippen molar-refractivity contribution in [2.45, 2.75) is 33.2 Å². The standard InChI is InChI=1S/C14H28N2O/c1-6-8-16(9-7-2)14(12-17-5)11-15-10-13(3)4/h1,13-15H,7-12H2,2-5H3. The minimum atomic E-state index is 0.370. The van der Waals surface area contributed by atoms with E-state index in [-0.39, 0.29) is 0 Å². The molecular weight excluding hydrogens is 212 g/mol. The Morgan fingerprint density at radius 2 is 2.06 bits per heavy atom. The van der Waals surface area contributed by atoms with E-state index in [4.69, 9.17) is 11.2 Å². The Kier molecular flexibility index (Phi) is 10.2. The molecule has 1 N–H and O–H groups in total. The third-order valence-corrected chi connectivity index (χ3v) is 2.61. The second-order valence-corrected chi connectivity index (χ2v) is 4.84. The summed E-state index contributed by atoms with van der Waals surface area (Å²) in [7, 11) is 1.75. The fourth-order valence-electron chi connectivity index (χ4n) is 1.82. The second kappa shape index (κ2) is 10.6. The van der Waals surface area contributed by atoms with Gasteiger partial charge in [-0.1, -0.05) is 26.7 Å². The molecule has 0 spiro atoms. The van der Waals surface area contributed by atoms with Gasteiger partial charge >= 0.3 is 0 Å². The molecule has 1 unspecified atom stereocenters. The van der Waals surface area contributed by atoms with Crippen molar-refractivity contribution in [2.24, 2.45) is 5.92 Å². The van der Waals surface area contributed by atoms with Gasteiger partial charge in [0.1, 0.15) is 0 Å². The van der Waals surface area contributed by atoms with Crippen molar-refractivity contribution in [1.29, 1.82) is 0 Å². The minimum absolute atomic E-state index is 0.370. The highest BCUT2D eigenvalue weighted by atomic mass is 16.5. The highest BCUT2D eigenvalue weighted by Crippen LogP contribution is 2.01. The fourth-order valence-corrected chi connectivity index (χ4v) is 1.82. The summed E-state index contributed by atoms with van der Waals surface area (Å²) in [6, 6.07) is 0.370. The quantitative estimate of drug-likeness (QED) is 0.587.